The van der Waals surface area contributed by atoms with Crippen LogP contribution in [0.3, 0.4) is 0 Å². The van der Waals surface area contributed by atoms with Crippen LogP contribution in [-0.4, -0.2) is 56.6 Å². The molecule has 1 saturated heterocycles. The number of nitrogens with zero attached hydrogens (tertiary/aromatic N) is 4. The zero-order valence-electron chi connectivity index (χ0n) is 17.0. The molecule has 0 aliphatic carbocycles. The van der Waals surface area contributed by atoms with Gasteiger partial charge in [-0.05, 0) is 32.9 Å². The van der Waals surface area contributed by atoms with Gasteiger partial charge in [0, 0.05) is 44.5 Å². The number of aromatic nitrogens is 2. The Morgan fingerprint density at radius 2 is 2.21 bits per heavy atom. The van der Waals surface area contributed by atoms with Gasteiger partial charge in [0.05, 0.1) is 25.2 Å². The van der Waals surface area contributed by atoms with Gasteiger partial charge in [-0.25, -0.2) is 0 Å². The predicted octanol–water partition coefficient (Wildman–Crippen LogP) is 1.45. The van der Waals surface area contributed by atoms with Crippen molar-refractivity contribution in [2.24, 2.45) is 7.05 Å². The minimum absolute atomic E-state index is 0.0283. The molecule has 2 aromatic heterocycles. The molecule has 0 aromatic carbocycles. The Bertz CT molecular complexity index is 825. The fraction of sp³-hybridized carbons (Fsp3) is 0.550. The topological polar surface area (TPSA) is 83.6 Å². The highest BCUT2D eigenvalue weighted by Crippen LogP contribution is 2.18. The zero-order chi connectivity index (χ0) is 20.3. The van der Waals surface area contributed by atoms with E-state index in [9.17, 15) is 9.59 Å². The fourth-order valence-corrected chi connectivity index (χ4v) is 3.54. The summed E-state index contributed by atoms with van der Waals surface area (Å²) in [6, 6.07) is 3.36. The van der Waals surface area contributed by atoms with Crippen molar-refractivity contribution < 1.29 is 14.0 Å². The van der Waals surface area contributed by atoms with Crippen LogP contribution in [0, 0.1) is 6.92 Å². The minimum atomic E-state index is -0.498. The molecule has 28 heavy (non-hydrogen) atoms. The third-order valence-corrected chi connectivity index (χ3v) is 5.02. The normalized spacial score (nSPS) is 17.8. The Labute approximate surface area is 165 Å². The van der Waals surface area contributed by atoms with Crippen LogP contribution in [0.4, 0.5) is 0 Å². The highest BCUT2D eigenvalue weighted by molar-refractivity contribution is 5.89. The summed E-state index contributed by atoms with van der Waals surface area (Å²) in [6.45, 7) is 8.13. The van der Waals surface area contributed by atoms with E-state index in [1.165, 1.54) is 0 Å². The maximum atomic E-state index is 13.1. The molecular weight excluding hydrogens is 358 g/mol. The Kier molecular flexibility index (Phi) is 6.18. The third kappa shape index (κ3) is 4.81. The Morgan fingerprint density at radius 3 is 2.82 bits per heavy atom. The van der Waals surface area contributed by atoms with Crippen molar-refractivity contribution in [3.8, 4) is 0 Å². The van der Waals surface area contributed by atoms with E-state index in [2.05, 4.69) is 10.4 Å². The number of hydrogen-bond acceptors (Lipinski definition) is 5. The second-order valence-electron chi connectivity index (χ2n) is 7.63. The molecule has 2 amide bonds. The first-order chi connectivity index (χ1) is 13.3. The second-order valence-corrected chi connectivity index (χ2v) is 7.63. The maximum absolute atomic E-state index is 13.1. The summed E-state index contributed by atoms with van der Waals surface area (Å²) in [6.07, 6.45) is 3.81. The summed E-state index contributed by atoms with van der Waals surface area (Å²) in [7, 11) is 1.85. The highest BCUT2D eigenvalue weighted by Gasteiger charge is 2.34. The van der Waals surface area contributed by atoms with Crippen LogP contribution < -0.4 is 5.32 Å². The SMILES string of the molecule is Cc1ccc(CN2CCNC(=O)[C@H]2CC(=O)N(Cc2cnn(C)c2)C(C)C)o1. The average Bonchev–Trinajstić information content (AvgIpc) is 3.23. The number of piperazine rings is 1. The number of rotatable bonds is 7. The standard InChI is InChI=1S/C20H29N5O3/c1-14(2)25(12-16-10-22-23(4)11-16)19(26)9-18-20(27)21-7-8-24(18)13-17-6-5-15(3)28-17/h5-6,10-11,14,18H,7-9,12-13H2,1-4H3,(H,21,27)/t18-/m1/s1. The first-order valence-corrected chi connectivity index (χ1v) is 9.67. The van der Waals surface area contributed by atoms with E-state index in [1.807, 2.05) is 51.0 Å². The van der Waals surface area contributed by atoms with E-state index in [-0.39, 0.29) is 24.3 Å². The van der Waals surface area contributed by atoms with Gasteiger partial charge in [-0.1, -0.05) is 0 Å². The van der Waals surface area contributed by atoms with Crippen LogP contribution in [0.25, 0.3) is 0 Å². The number of aryl methyl sites for hydroxylation is 2. The van der Waals surface area contributed by atoms with E-state index < -0.39 is 6.04 Å². The van der Waals surface area contributed by atoms with Crippen LogP contribution in [-0.2, 0) is 29.7 Å². The molecule has 0 spiro atoms. The van der Waals surface area contributed by atoms with Gasteiger partial charge in [0.25, 0.3) is 0 Å². The Balaban J connectivity index is 1.70. The van der Waals surface area contributed by atoms with Crippen molar-refractivity contribution >= 4 is 11.8 Å². The average molecular weight is 387 g/mol. The minimum Gasteiger partial charge on any atom is -0.465 e. The van der Waals surface area contributed by atoms with E-state index in [0.717, 1.165) is 17.1 Å². The molecule has 0 bridgehead atoms. The van der Waals surface area contributed by atoms with Crippen molar-refractivity contribution in [1.29, 1.82) is 0 Å². The molecule has 0 unspecified atom stereocenters. The Morgan fingerprint density at radius 1 is 1.43 bits per heavy atom. The first-order valence-electron chi connectivity index (χ1n) is 9.67. The zero-order valence-corrected chi connectivity index (χ0v) is 17.0. The number of carbonyl (C=O) groups is 2. The maximum Gasteiger partial charge on any atom is 0.237 e. The molecule has 3 heterocycles. The molecule has 0 radical (unpaired) electrons. The summed E-state index contributed by atoms with van der Waals surface area (Å²) in [5.41, 5.74) is 0.973. The van der Waals surface area contributed by atoms with Crippen molar-refractivity contribution in [3.63, 3.8) is 0 Å². The fourth-order valence-electron chi connectivity index (χ4n) is 3.54. The van der Waals surface area contributed by atoms with Gasteiger partial charge in [0.15, 0.2) is 0 Å². The van der Waals surface area contributed by atoms with E-state index in [0.29, 0.717) is 26.2 Å². The lowest BCUT2D eigenvalue weighted by Gasteiger charge is -2.36. The van der Waals surface area contributed by atoms with Crippen molar-refractivity contribution in [3.05, 3.63) is 41.6 Å². The molecule has 1 aliphatic rings. The number of amides is 2. The van der Waals surface area contributed by atoms with Crippen LogP contribution in [0.1, 0.15) is 37.4 Å². The molecular formula is C20H29N5O3. The van der Waals surface area contributed by atoms with Crippen LogP contribution >= 0.6 is 0 Å². The molecule has 1 N–H and O–H groups in total. The van der Waals surface area contributed by atoms with Crippen LogP contribution in [0.2, 0.25) is 0 Å². The molecule has 3 rings (SSSR count). The highest BCUT2D eigenvalue weighted by atomic mass is 16.3. The molecule has 2 aromatic rings. The van der Waals surface area contributed by atoms with Crippen molar-refractivity contribution in [1.82, 2.24) is 24.9 Å². The largest absolute Gasteiger partial charge is 0.465 e. The number of nitrogens with one attached hydrogen (secondary N) is 1. The van der Waals surface area contributed by atoms with E-state index >= 15 is 0 Å². The van der Waals surface area contributed by atoms with Crippen molar-refractivity contribution in [2.45, 2.75) is 52.4 Å². The quantitative estimate of drug-likeness (QED) is 0.777. The summed E-state index contributed by atoms with van der Waals surface area (Å²) in [4.78, 5) is 29.4. The summed E-state index contributed by atoms with van der Waals surface area (Å²) >= 11 is 0. The van der Waals surface area contributed by atoms with Crippen molar-refractivity contribution in [2.75, 3.05) is 13.1 Å². The van der Waals surface area contributed by atoms with Gasteiger partial charge in [0.2, 0.25) is 11.8 Å². The number of carbonyl (C=O) groups excluding carboxylic acids is 2. The molecule has 0 saturated carbocycles. The lowest BCUT2D eigenvalue weighted by Crippen LogP contribution is -2.56. The summed E-state index contributed by atoms with van der Waals surface area (Å²) in [5, 5.41) is 7.06. The van der Waals surface area contributed by atoms with Crippen LogP contribution in [0.15, 0.2) is 28.9 Å². The van der Waals surface area contributed by atoms with Gasteiger partial charge >= 0.3 is 0 Å². The van der Waals surface area contributed by atoms with Crippen LogP contribution in [0.5, 0.6) is 0 Å². The monoisotopic (exact) mass is 387 g/mol. The number of furan rings is 1. The molecule has 1 aliphatic heterocycles. The lowest BCUT2D eigenvalue weighted by molar-refractivity contribution is -0.140. The smallest absolute Gasteiger partial charge is 0.237 e. The first kappa shape index (κ1) is 20.1. The second kappa shape index (κ2) is 8.60. The summed E-state index contributed by atoms with van der Waals surface area (Å²) in [5.74, 6) is 1.50. The Hall–Kier alpha value is -2.61. The van der Waals surface area contributed by atoms with Gasteiger partial charge < -0.3 is 14.6 Å². The summed E-state index contributed by atoms with van der Waals surface area (Å²) < 4.78 is 7.39. The molecule has 152 valence electrons. The third-order valence-electron chi connectivity index (χ3n) is 5.02. The molecule has 8 nitrogen and oxygen atoms in total. The van der Waals surface area contributed by atoms with Gasteiger partial charge in [0.1, 0.15) is 11.5 Å². The molecule has 8 heteroatoms. The predicted molar refractivity (Wildman–Crippen MR) is 104 cm³/mol. The number of hydrogen-bond donors (Lipinski definition) is 1. The van der Waals surface area contributed by atoms with Gasteiger partial charge in [-0.2, -0.15) is 5.10 Å². The molecule has 1 fully saturated rings. The lowest BCUT2D eigenvalue weighted by atomic mass is 10.1. The van der Waals surface area contributed by atoms with Gasteiger partial charge in [-0.15, -0.1) is 0 Å². The molecule has 1 atom stereocenters. The van der Waals surface area contributed by atoms with E-state index in [4.69, 9.17) is 4.42 Å². The van der Waals surface area contributed by atoms with Gasteiger partial charge in [-0.3, -0.25) is 19.2 Å². The van der Waals surface area contributed by atoms with E-state index in [1.54, 1.807) is 15.8 Å².